The highest BCUT2D eigenvalue weighted by atomic mass is 16.5. The first-order chi connectivity index (χ1) is 27.4. The van der Waals surface area contributed by atoms with Gasteiger partial charge in [-0.15, -0.1) is 0 Å². The topological polar surface area (TPSA) is 104 Å². The van der Waals surface area contributed by atoms with Gasteiger partial charge in [-0.1, -0.05) is 18.2 Å². The molecular weight excluding hydrogens is 705 g/mol. The van der Waals surface area contributed by atoms with Crippen molar-refractivity contribution in [3.8, 4) is 34.5 Å². The molecule has 10 nitrogen and oxygen atoms in total. The van der Waals surface area contributed by atoms with Crippen LogP contribution in [-0.4, -0.2) is 39.9 Å². The number of nitrogens with one attached hydrogen (secondary N) is 4. The van der Waals surface area contributed by atoms with Crippen LogP contribution in [0.5, 0.6) is 34.5 Å². The molecule has 0 saturated carbocycles. The summed E-state index contributed by atoms with van der Waals surface area (Å²) in [5.74, 6) is 4.40. The fraction of sp³-hybridized carbons (Fsp3) is 0.174. The molecule has 10 heteroatoms. The molecule has 0 spiro atoms. The summed E-state index contributed by atoms with van der Waals surface area (Å²) in [6, 6.07) is 38.9. The third-order valence-electron chi connectivity index (χ3n) is 9.37. The van der Waals surface area contributed by atoms with Crippen molar-refractivity contribution in [3.63, 3.8) is 0 Å². The molecule has 2 unspecified atom stereocenters. The Balaban J connectivity index is 1.12. The maximum absolute atomic E-state index is 6.86. The van der Waals surface area contributed by atoms with Crippen molar-refractivity contribution in [1.29, 1.82) is 0 Å². The van der Waals surface area contributed by atoms with Crippen LogP contribution >= 0.6 is 0 Å². The van der Waals surface area contributed by atoms with Crippen molar-refractivity contribution in [2.24, 2.45) is 0 Å². The number of ether oxygens (including phenoxy) is 6. The van der Waals surface area contributed by atoms with E-state index in [4.69, 9.17) is 28.4 Å². The van der Waals surface area contributed by atoms with Gasteiger partial charge in [0.15, 0.2) is 0 Å². The second-order valence-corrected chi connectivity index (χ2v) is 13.3. The quantitative estimate of drug-likeness (QED) is 0.0729. The molecule has 0 aliphatic heterocycles. The normalized spacial score (nSPS) is 18.4. The molecule has 2 atom stereocenters. The first-order valence-corrected chi connectivity index (χ1v) is 18.3. The van der Waals surface area contributed by atoms with E-state index in [0.717, 1.165) is 57.1 Å². The number of methoxy groups -OCH3 is 4. The lowest BCUT2D eigenvalue weighted by atomic mass is 10.0. The number of allylic oxidation sites excluding steroid dienone is 2. The van der Waals surface area contributed by atoms with Gasteiger partial charge in [-0.2, -0.15) is 0 Å². The van der Waals surface area contributed by atoms with Crippen LogP contribution in [0, 0.1) is 0 Å². The van der Waals surface area contributed by atoms with Crippen molar-refractivity contribution in [1.82, 2.24) is 0 Å². The predicted octanol–water partition coefficient (Wildman–Crippen LogP) is 10.0. The molecule has 0 radical (unpaired) electrons. The minimum absolute atomic E-state index is 0.527. The third-order valence-corrected chi connectivity index (χ3v) is 9.37. The van der Waals surface area contributed by atoms with Gasteiger partial charge in [0, 0.05) is 53.1 Å². The summed E-state index contributed by atoms with van der Waals surface area (Å²) >= 11 is 0. The smallest absolute Gasteiger partial charge is 0.204 e. The number of hydrogen-bond acceptors (Lipinski definition) is 10. The van der Waals surface area contributed by atoms with E-state index >= 15 is 0 Å². The molecule has 0 heterocycles. The van der Waals surface area contributed by atoms with E-state index in [2.05, 4.69) is 33.4 Å². The second kappa shape index (κ2) is 17.0. The van der Waals surface area contributed by atoms with Crippen molar-refractivity contribution in [2.75, 3.05) is 49.7 Å². The van der Waals surface area contributed by atoms with Gasteiger partial charge in [0.2, 0.25) is 11.4 Å². The van der Waals surface area contributed by atoms with Crippen LogP contribution in [0.4, 0.5) is 22.7 Å². The molecule has 2 aliphatic carbocycles. The van der Waals surface area contributed by atoms with Crippen molar-refractivity contribution < 1.29 is 28.4 Å². The van der Waals surface area contributed by atoms with Gasteiger partial charge in [-0.05, 0) is 133 Å². The van der Waals surface area contributed by atoms with E-state index in [-0.39, 0.29) is 0 Å². The Kier molecular flexibility index (Phi) is 11.4. The zero-order valence-corrected chi connectivity index (χ0v) is 31.9. The van der Waals surface area contributed by atoms with E-state index in [1.54, 1.807) is 28.4 Å². The second-order valence-electron chi connectivity index (χ2n) is 13.3. The summed E-state index contributed by atoms with van der Waals surface area (Å²) in [5, 5.41) is 14.2. The molecule has 5 aromatic carbocycles. The maximum atomic E-state index is 6.86. The summed E-state index contributed by atoms with van der Waals surface area (Å²) in [6.45, 7) is 0. The first-order valence-electron chi connectivity index (χ1n) is 18.3. The van der Waals surface area contributed by atoms with E-state index in [0.29, 0.717) is 24.3 Å². The third kappa shape index (κ3) is 9.40. The Labute approximate surface area is 328 Å². The minimum atomic E-state index is -0.910. The molecule has 286 valence electrons. The summed E-state index contributed by atoms with van der Waals surface area (Å²) in [6.07, 6.45) is 13.4. The van der Waals surface area contributed by atoms with Gasteiger partial charge in [0.05, 0.1) is 28.4 Å². The lowest BCUT2D eigenvalue weighted by Crippen LogP contribution is -2.44. The Morgan fingerprint density at radius 2 is 0.750 bits per heavy atom. The number of anilines is 4. The van der Waals surface area contributed by atoms with Gasteiger partial charge >= 0.3 is 0 Å². The van der Waals surface area contributed by atoms with E-state index in [1.165, 1.54) is 0 Å². The van der Waals surface area contributed by atoms with Crippen LogP contribution in [0.3, 0.4) is 0 Å². The van der Waals surface area contributed by atoms with Crippen LogP contribution in [-0.2, 0) is 0 Å². The van der Waals surface area contributed by atoms with Crippen molar-refractivity contribution in [2.45, 2.75) is 24.3 Å². The van der Waals surface area contributed by atoms with Crippen LogP contribution in [0.2, 0.25) is 0 Å². The number of hydrogen-bond donors (Lipinski definition) is 4. The molecule has 7 rings (SSSR count). The average Bonchev–Trinajstić information content (AvgIpc) is 3.24. The average molecular weight is 751 g/mol. The molecule has 0 bridgehead atoms. The van der Waals surface area contributed by atoms with Crippen LogP contribution < -0.4 is 49.7 Å². The largest absolute Gasteiger partial charge is 0.497 e. The summed E-state index contributed by atoms with van der Waals surface area (Å²) in [4.78, 5) is 0. The number of rotatable bonds is 16. The molecular formula is C46H46N4O6. The molecule has 2 aliphatic rings. The molecule has 0 aromatic heterocycles. The summed E-state index contributed by atoms with van der Waals surface area (Å²) in [7, 11) is 6.63. The Morgan fingerprint density at radius 3 is 1.05 bits per heavy atom. The molecule has 56 heavy (non-hydrogen) atoms. The SMILES string of the molecule is COc1ccc(NC2=CCC(Nc3ccc(OC)cc3)(Oc3cccc(OC4(Nc5ccc(OC)cc5)C=CC(Nc5ccc(OC)cc5)=CC4)c3)C=C2)cc1. The molecule has 0 fully saturated rings. The highest BCUT2D eigenvalue weighted by Crippen LogP contribution is 2.35. The van der Waals surface area contributed by atoms with Crippen LogP contribution in [0.25, 0.3) is 0 Å². The van der Waals surface area contributed by atoms with Gasteiger partial charge in [-0.25, -0.2) is 0 Å². The standard InChI is InChI=1S/C46H46N4O6/c1-51-39-16-8-33(9-17-39)47-35-24-28-45(29-25-35,49-37-12-20-41(53-3)21-13-37)55-43-6-5-7-44(32-43)56-46(50-38-14-22-42(54-4)23-15-38)30-26-36(27-31-46)48-34-10-18-40(52-2)19-11-34/h5-28,30,32,47-50H,29,31H2,1-4H3. The zero-order chi connectivity index (χ0) is 38.8. The molecule has 4 N–H and O–H groups in total. The summed E-state index contributed by atoms with van der Waals surface area (Å²) in [5.41, 5.74) is 3.75. The molecule has 0 saturated heterocycles. The fourth-order valence-corrected chi connectivity index (χ4v) is 6.36. The number of benzene rings is 5. The van der Waals surface area contributed by atoms with E-state index in [9.17, 15) is 0 Å². The Morgan fingerprint density at radius 1 is 0.411 bits per heavy atom. The van der Waals surface area contributed by atoms with Crippen molar-refractivity contribution in [3.05, 3.63) is 169 Å². The highest BCUT2D eigenvalue weighted by Gasteiger charge is 2.33. The zero-order valence-electron chi connectivity index (χ0n) is 31.9. The van der Waals surface area contributed by atoms with Crippen LogP contribution in [0.1, 0.15) is 12.8 Å². The molecule has 5 aromatic rings. The minimum Gasteiger partial charge on any atom is -0.497 e. The van der Waals surface area contributed by atoms with Gasteiger partial charge in [-0.3, -0.25) is 0 Å². The van der Waals surface area contributed by atoms with Gasteiger partial charge in [0.25, 0.3) is 0 Å². The Hall–Kier alpha value is -6.94. The van der Waals surface area contributed by atoms with Crippen molar-refractivity contribution >= 4 is 22.7 Å². The van der Waals surface area contributed by atoms with E-state index in [1.807, 2.05) is 146 Å². The van der Waals surface area contributed by atoms with E-state index < -0.39 is 11.4 Å². The lowest BCUT2D eigenvalue weighted by molar-refractivity contribution is 0.141. The predicted molar refractivity (Wildman–Crippen MR) is 223 cm³/mol. The highest BCUT2D eigenvalue weighted by molar-refractivity contribution is 5.58. The maximum Gasteiger partial charge on any atom is 0.204 e. The monoisotopic (exact) mass is 750 g/mol. The van der Waals surface area contributed by atoms with Gasteiger partial charge in [0.1, 0.15) is 34.5 Å². The first kappa shape index (κ1) is 37.4. The lowest BCUT2D eigenvalue weighted by Gasteiger charge is -2.36. The molecule has 0 amide bonds. The van der Waals surface area contributed by atoms with Crippen LogP contribution in [0.15, 0.2) is 169 Å². The Bertz CT molecular complexity index is 2040. The van der Waals surface area contributed by atoms with Gasteiger partial charge < -0.3 is 49.7 Å². The summed E-state index contributed by atoms with van der Waals surface area (Å²) < 4.78 is 35.1. The fourth-order valence-electron chi connectivity index (χ4n) is 6.36.